The zero-order valence-electron chi connectivity index (χ0n) is 17.4. The highest BCUT2D eigenvalue weighted by Crippen LogP contribution is 2.25. The van der Waals surface area contributed by atoms with Crippen LogP contribution in [0.25, 0.3) is 0 Å². The summed E-state index contributed by atoms with van der Waals surface area (Å²) in [5, 5.41) is 5.50. The number of carbonyl (C=O) groups is 3. The molecule has 2 unspecified atom stereocenters. The van der Waals surface area contributed by atoms with Crippen LogP contribution in [0.3, 0.4) is 0 Å². The molecule has 3 amide bonds. The van der Waals surface area contributed by atoms with Gasteiger partial charge in [-0.25, -0.2) is 4.79 Å². The summed E-state index contributed by atoms with van der Waals surface area (Å²) in [7, 11) is 0. The number of amides is 3. The van der Waals surface area contributed by atoms with Gasteiger partial charge in [0.25, 0.3) is 0 Å². The van der Waals surface area contributed by atoms with Gasteiger partial charge < -0.3 is 15.4 Å². The summed E-state index contributed by atoms with van der Waals surface area (Å²) >= 11 is 0. The lowest BCUT2D eigenvalue weighted by atomic mass is 9.93. The minimum absolute atomic E-state index is 0.241. The molecule has 7 nitrogen and oxygen atoms in total. The van der Waals surface area contributed by atoms with Gasteiger partial charge in [0.2, 0.25) is 11.8 Å². The lowest BCUT2D eigenvalue weighted by molar-refractivity contribution is -0.132. The SMILES string of the molecule is CCCNC(=O)C(C)NC(=O)C1Cc2ccccc2CN1C(=O)OC(C)(C)C. The summed E-state index contributed by atoms with van der Waals surface area (Å²) in [5.41, 5.74) is 1.35. The van der Waals surface area contributed by atoms with Crippen LogP contribution in [0.1, 0.15) is 52.2 Å². The Labute approximate surface area is 166 Å². The number of rotatable bonds is 5. The first-order chi connectivity index (χ1) is 13.1. The second-order valence-corrected chi connectivity index (χ2v) is 8.12. The van der Waals surface area contributed by atoms with Crippen molar-refractivity contribution in [3.63, 3.8) is 0 Å². The number of benzene rings is 1. The molecule has 0 spiro atoms. The van der Waals surface area contributed by atoms with Crippen molar-refractivity contribution in [2.45, 2.75) is 71.7 Å². The van der Waals surface area contributed by atoms with E-state index in [1.807, 2.05) is 31.2 Å². The average Bonchev–Trinajstić information content (AvgIpc) is 2.63. The normalized spacial score (nSPS) is 17.3. The second-order valence-electron chi connectivity index (χ2n) is 8.12. The number of hydrogen-bond donors (Lipinski definition) is 2. The van der Waals surface area contributed by atoms with Crippen LogP contribution in [-0.2, 0) is 27.3 Å². The van der Waals surface area contributed by atoms with Crippen LogP contribution in [0.15, 0.2) is 24.3 Å². The van der Waals surface area contributed by atoms with E-state index >= 15 is 0 Å². The Morgan fingerprint density at radius 2 is 1.86 bits per heavy atom. The minimum Gasteiger partial charge on any atom is -0.444 e. The van der Waals surface area contributed by atoms with Crippen molar-refractivity contribution in [2.24, 2.45) is 0 Å². The van der Waals surface area contributed by atoms with E-state index in [4.69, 9.17) is 4.74 Å². The second kappa shape index (κ2) is 9.08. The van der Waals surface area contributed by atoms with Crippen molar-refractivity contribution in [3.05, 3.63) is 35.4 Å². The maximum absolute atomic E-state index is 12.9. The van der Waals surface area contributed by atoms with Gasteiger partial charge in [-0.05, 0) is 45.2 Å². The van der Waals surface area contributed by atoms with Crippen molar-refractivity contribution in [1.82, 2.24) is 15.5 Å². The van der Waals surface area contributed by atoms with E-state index in [2.05, 4.69) is 10.6 Å². The summed E-state index contributed by atoms with van der Waals surface area (Å²) in [6, 6.07) is 6.31. The molecule has 1 aliphatic rings. The third kappa shape index (κ3) is 5.71. The first-order valence-electron chi connectivity index (χ1n) is 9.77. The smallest absolute Gasteiger partial charge is 0.411 e. The van der Waals surface area contributed by atoms with Crippen LogP contribution in [0.2, 0.25) is 0 Å². The molecule has 0 saturated heterocycles. The van der Waals surface area contributed by atoms with E-state index in [1.165, 1.54) is 4.90 Å². The quantitative estimate of drug-likeness (QED) is 0.809. The fourth-order valence-electron chi connectivity index (χ4n) is 3.05. The summed E-state index contributed by atoms with van der Waals surface area (Å²) in [4.78, 5) is 39.2. The lowest BCUT2D eigenvalue weighted by Crippen LogP contribution is -2.56. The minimum atomic E-state index is -0.730. The fourth-order valence-corrected chi connectivity index (χ4v) is 3.05. The zero-order valence-corrected chi connectivity index (χ0v) is 17.4. The first-order valence-corrected chi connectivity index (χ1v) is 9.77. The average molecular weight is 389 g/mol. The van der Waals surface area contributed by atoms with E-state index in [0.717, 1.165) is 17.5 Å². The molecule has 1 aromatic carbocycles. The Bertz CT molecular complexity index is 727. The summed E-state index contributed by atoms with van der Waals surface area (Å²) < 4.78 is 5.51. The van der Waals surface area contributed by atoms with E-state index in [9.17, 15) is 14.4 Å². The van der Waals surface area contributed by atoms with Gasteiger partial charge in [0.05, 0.1) is 6.54 Å². The molecule has 1 aliphatic heterocycles. The number of hydrogen-bond acceptors (Lipinski definition) is 4. The topological polar surface area (TPSA) is 87.7 Å². The van der Waals surface area contributed by atoms with Gasteiger partial charge in [-0.15, -0.1) is 0 Å². The van der Waals surface area contributed by atoms with Crippen LogP contribution < -0.4 is 10.6 Å². The van der Waals surface area contributed by atoms with Gasteiger partial charge in [-0.3, -0.25) is 14.5 Å². The molecule has 0 aromatic heterocycles. The Hall–Kier alpha value is -2.57. The number of ether oxygens (including phenoxy) is 1. The standard InChI is InChI=1S/C21H31N3O4/c1-6-11-22-18(25)14(2)23-19(26)17-12-15-9-7-8-10-16(15)13-24(17)20(27)28-21(3,4)5/h7-10,14,17H,6,11-13H2,1-5H3,(H,22,25)(H,23,26). The summed E-state index contributed by atoms with van der Waals surface area (Å²) in [5.74, 6) is -0.602. The Morgan fingerprint density at radius 3 is 2.46 bits per heavy atom. The van der Waals surface area contributed by atoms with E-state index < -0.39 is 23.8 Å². The molecule has 0 radical (unpaired) electrons. The zero-order chi connectivity index (χ0) is 20.9. The van der Waals surface area contributed by atoms with Gasteiger partial charge in [0.15, 0.2) is 0 Å². The van der Waals surface area contributed by atoms with E-state index in [0.29, 0.717) is 19.5 Å². The highest BCUT2D eigenvalue weighted by Gasteiger charge is 2.37. The van der Waals surface area contributed by atoms with Crippen molar-refractivity contribution >= 4 is 17.9 Å². The predicted octanol–water partition coefficient (Wildman–Crippen LogP) is 2.38. The van der Waals surface area contributed by atoms with Crippen LogP contribution >= 0.6 is 0 Å². The van der Waals surface area contributed by atoms with Crippen molar-refractivity contribution in [1.29, 1.82) is 0 Å². The van der Waals surface area contributed by atoms with Crippen LogP contribution in [0.5, 0.6) is 0 Å². The van der Waals surface area contributed by atoms with Gasteiger partial charge >= 0.3 is 6.09 Å². The highest BCUT2D eigenvalue weighted by atomic mass is 16.6. The fraction of sp³-hybridized carbons (Fsp3) is 0.571. The van der Waals surface area contributed by atoms with Crippen molar-refractivity contribution < 1.29 is 19.1 Å². The van der Waals surface area contributed by atoms with Crippen molar-refractivity contribution in [2.75, 3.05) is 6.54 Å². The molecule has 154 valence electrons. The van der Waals surface area contributed by atoms with Gasteiger partial charge in [-0.1, -0.05) is 31.2 Å². The van der Waals surface area contributed by atoms with Gasteiger partial charge in [0.1, 0.15) is 17.7 Å². The van der Waals surface area contributed by atoms with Crippen LogP contribution in [-0.4, -0.2) is 47.0 Å². The third-order valence-corrected chi connectivity index (χ3v) is 4.48. The number of fused-ring (bicyclic) bond motifs is 1. The number of nitrogens with one attached hydrogen (secondary N) is 2. The largest absolute Gasteiger partial charge is 0.444 e. The monoisotopic (exact) mass is 389 g/mol. The summed E-state index contributed by atoms with van der Waals surface area (Å²) in [6.45, 7) is 9.81. The third-order valence-electron chi connectivity index (χ3n) is 4.48. The molecule has 2 N–H and O–H groups in total. The molecule has 2 rings (SSSR count). The number of nitrogens with zero attached hydrogens (tertiary/aromatic N) is 1. The molecule has 28 heavy (non-hydrogen) atoms. The van der Waals surface area contributed by atoms with Gasteiger partial charge in [-0.2, -0.15) is 0 Å². The van der Waals surface area contributed by atoms with E-state index in [1.54, 1.807) is 27.7 Å². The molecule has 2 atom stereocenters. The molecule has 0 bridgehead atoms. The molecular weight excluding hydrogens is 358 g/mol. The maximum Gasteiger partial charge on any atom is 0.411 e. The molecule has 1 heterocycles. The molecule has 1 aromatic rings. The van der Waals surface area contributed by atoms with E-state index in [-0.39, 0.29) is 11.8 Å². The molecule has 0 saturated carbocycles. The van der Waals surface area contributed by atoms with Gasteiger partial charge in [0, 0.05) is 13.0 Å². The predicted molar refractivity (Wildman–Crippen MR) is 107 cm³/mol. The molecule has 7 heteroatoms. The Kier molecular flexibility index (Phi) is 7.05. The Balaban J connectivity index is 2.18. The maximum atomic E-state index is 12.9. The first kappa shape index (κ1) is 21.7. The summed E-state index contributed by atoms with van der Waals surface area (Å²) in [6.07, 6.45) is 0.660. The van der Waals surface area contributed by atoms with Crippen LogP contribution in [0.4, 0.5) is 4.79 Å². The highest BCUT2D eigenvalue weighted by molar-refractivity contribution is 5.91. The molecule has 0 aliphatic carbocycles. The Morgan fingerprint density at radius 1 is 1.21 bits per heavy atom. The lowest BCUT2D eigenvalue weighted by Gasteiger charge is -2.37. The number of carbonyl (C=O) groups excluding carboxylic acids is 3. The van der Waals surface area contributed by atoms with Crippen molar-refractivity contribution in [3.8, 4) is 0 Å². The molecule has 0 fully saturated rings. The molecular formula is C21H31N3O4. The van der Waals surface area contributed by atoms with Crippen LogP contribution in [0, 0.1) is 0 Å².